The maximum absolute atomic E-state index is 10.1. The number of benzene rings is 3. The quantitative estimate of drug-likeness (QED) is 0.377. The van der Waals surface area contributed by atoms with Crippen LogP contribution in [0.3, 0.4) is 0 Å². The lowest BCUT2D eigenvalue weighted by Gasteiger charge is -2.20. The molecule has 1 aliphatic carbocycles. The Kier molecular flexibility index (Phi) is 4.57. The molecule has 1 heterocycles. The molecule has 0 saturated carbocycles. The van der Waals surface area contributed by atoms with Crippen LogP contribution >= 0.6 is 0 Å². The number of fused-ring (bicyclic) bond motifs is 5. The SMILES string of the molecule is Cc1cc2ccccc2c2ccc3c(c12)CCCC3.O=c1cccco1. The molecule has 3 aromatic carbocycles. The molecular formula is C24H22O2. The summed E-state index contributed by atoms with van der Waals surface area (Å²) in [5.41, 5.74) is 4.33. The molecule has 2 nitrogen and oxygen atoms in total. The maximum Gasteiger partial charge on any atom is 0.335 e. The van der Waals surface area contributed by atoms with Gasteiger partial charge in [0.15, 0.2) is 0 Å². The smallest absolute Gasteiger partial charge is 0.335 e. The van der Waals surface area contributed by atoms with Crippen molar-refractivity contribution in [3.63, 3.8) is 0 Å². The van der Waals surface area contributed by atoms with Crippen molar-refractivity contribution in [2.75, 3.05) is 0 Å². The van der Waals surface area contributed by atoms with Gasteiger partial charge < -0.3 is 4.42 Å². The van der Waals surface area contributed by atoms with Crippen LogP contribution in [0.25, 0.3) is 21.5 Å². The summed E-state index contributed by atoms with van der Waals surface area (Å²) >= 11 is 0. The molecule has 1 aromatic heterocycles. The Bertz CT molecular complexity index is 1100. The van der Waals surface area contributed by atoms with Gasteiger partial charge in [0.2, 0.25) is 0 Å². The number of hydrogen-bond acceptors (Lipinski definition) is 2. The summed E-state index contributed by atoms with van der Waals surface area (Å²) < 4.78 is 4.37. The van der Waals surface area contributed by atoms with Crippen molar-refractivity contribution < 1.29 is 4.42 Å². The van der Waals surface area contributed by atoms with E-state index in [1.165, 1.54) is 65.1 Å². The molecule has 0 radical (unpaired) electrons. The van der Waals surface area contributed by atoms with E-state index in [9.17, 15) is 4.79 Å². The number of aryl methyl sites for hydroxylation is 3. The van der Waals surface area contributed by atoms with Gasteiger partial charge in [-0.05, 0) is 76.9 Å². The van der Waals surface area contributed by atoms with Crippen molar-refractivity contribution in [3.8, 4) is 0 Å². The minimum absolute atomic E-state index is 0.303. The first kappa shape index (κ1) is 16.6. The fourth-order valence-electron chi connectivity index (χ4n) is 4.00. The van der Waals surface area contributed by atoms with Gasteiger partial charge >= 0.3 is 5.63 Å². The summed E-state index contributed by atoms with van der Waals surface area (Å²) in [4.78, 5) is 10.1. The van der Waals surface area contributed by atoms with Crippen molar-refractivity contribution in [1.29, 1.82) is 0 Å². The molecule has 4 aromatic rings. The minimum Gasteiger partial charge on any atom is -0.431 e. The van der Waals surface area contributed by atoms with E-state index in [0.717, 1.165) is 0 Å². The third-order valence-corrected chi connectivity index (χ3v) is 5.16. The number of rotatable bonds is 0. The second-order valence-corrected chi connectivity index (χ2v) is 6.87. The van der Waals surface area contributed by atoms with Crippen LogP contribution < -0.4 is 5.63 Å². The lowest BCUT2D eigenvalue weighted by Crippen LogP contribution is -2.04. The van der Waals surface area contributed by atoms with Crippen LogP contribution in [0.1, 0.15) is 29.5 Å². The van der Waals surface area contributed by atoms with Crippen LogP contribution in [-0.4, -0.2) is 0 Å². The monoisotopic (exact) mass is 342 g/mol. The van der Waals surface area contributed by atoms with Crippen molar-refractivity contribution in [1.82, 2.24) is 0 Å². The van der Waals surface area contributed by atoms with Crippen molar-refractivity contribution in [3.05, 3.63) is 94.0 Å². The van der Waals surface area contributed by atoms with Gasteiger partial charge in [0, 0.05) is 6.07 Å². The average molecular weight is 342 g/mol. The van der Waals surface area contributed by atoms with Gasteiger partial charge in [-0.2, -0.15) is 0 Å². The highest BCUT2D eigenvalue weighted by molar-refractivity contribution is 6.10. The standard InChI is InChI=1S/C19H18.C5H4O2/c1-13-12-15-7-3-4-8-16(15)18-11-10-14-6-2-5-9-17(14)19(13)18;6-5-3-1-2-4-7-5/h3-4,7-8,10-12H,2,5-6,9H2,1H3;1-4H. The predicted octanol–water partition coefficient (Wildman–Crippen LogP) is 5.82. The molecule has 0 bridgehead atoms. The summed E-state index contributed by atoms with van der Waals surface area (Å²) in [7, 11) is 0. The van der Waals surface area contributed by atoms with E-state index in [2.05, 4.69) is 53.8 Å². The van der Waals surface area contributed by atoms with E-state index in [4.69, 9.17) is 0 Å². The van der Waals surface area contributed by atoms with Gasteiger partial charge in [-0.15, -0.1) is 0 Å². The van der Waals surface area contributed by atoms with E-state index in [1.54, 1.807) is 23.3 Å². The highest BCUT2D eigenvalue weighted by Gasteiger charge is 2.15. The van der Waals surface area contributed by atoms with Gasteiger partial charge in [0.1, 0.15) is 0 Å². The molecule has 0 unspecified atom stereocenters. The summed E-state index contributed by atoms with van der Waals surface area (Å²) in [6.07, 6.45) is 6.56. The summed E-state index contributed by atoms with van der Waals surface area (Å²) in [6, 6.07) is 20.5. The molecule has 0 spiro atoms. The molecule has 5 rings (SSSR count). The molecule has 0 amide bonds. The fraction of sp³-hybridized carbons (Fsp3) is 0.208. The van der Waals surface area contributed by atoms with Crippen LogP contribution in [0.15, 0.2) is 76.1 Å². The molecule has 0 atom stereocenters. The Morgan fingerprint density at radius 3 is 2.42 bits per heavy atom. The van der Waals surface area contributed by atoms with Crippen LogP contribution in [0.4, 0.5) is 0 Å². The van der Waals surface area contributed by atoms with Gasteiger partial charge in [0.05, 0.1) is 6.26 Å². The fourth-order valence-corrected chi connectivity index (χ4v) is 4.00. The van der Waals surface area contributed by atoms with Crippen LogP contribution in [-0.2, 0) is 12.8 Å². The third-order valence-electron chi connectivity index (χ3n) is 5.16. The Morgan fingerprint density at radius 2 is 1.65 bits per heavy atom. The molecule has 1 aliphatic rings. The van der Waals surface area contributed by atoms with Gasteiger partial charge in [0.25, 0.3) is 0 Å². The van der Waals surface area contributed by atoms with E-state index >= 15 is 0 Å². The zero-order valence-electron chi connectivity index (χ0n) is 15.0. The van der Waals surface area contributed by atoms with Gasteiger partial charge in [-0.3, -0.25) is 0 Å². The van der Waals surface area contributed by atoms with Crippen LogP contribution in [0.5, 0.6) is 0 Å². The van der Waals surface area contributed by atoms with E-state index in [1.807, 2.05) is 0 Å². The zero-order valence-corrected chi connectivity index (χ0v) is 15.0. The first-order valence-corrected chi connectivity index (χ1v) is 9.21. The molecule has 0 N–H and O–H groups in total. The molecule has 130 valence electrons. The Morgan fingerprint density at radius 1 is 0.846 bits per heavy atom. The summed E-state index contributed by atoms with van der Waals surface area (Å²) in [5.74, 6) is 0. The van der Waals surface area contributed by atoms with E-state index in [0.29, 0.717) is 0 Å². The third kappa shape index (κ3) is 3.15. The van der Waals surface area contributed by atoms with Gasteiger partial charge in [-0.1, -0.05) is 48.5 Å². The van der Waals surface area contributed by atoms with E-state index in [-0.39, 0.29) is 5.63 Å². The molecule has 2 heteroatoms. The minimum atomic E-state index is -0.303. The molecule has 26 heavy (non-hydrogen) atoms. The van der Waals surface area contributed by atoms with Crippen molar-refractivity contribution in [2.24, 2.45) is 0 Å². The maximum atomic E-state index is 10.1. The van der Waals surface area contributed by atoms with Gasteiger partial charge in [-0.25, -0.2) is 4.79 Å². The largest absolute Gasteiger partial charge is 0.431 e. The van der Waals surface area contributed by atoms with Crippen LogP contribution in [0, 0.1) is 6.92 Å². The van der Waals surface area contributed by atoms with E-state index < -0.39 is 0 Å². The first-order valence-electron chi connectivity index (χ1n) is 9.21. The first-order chi connectivity index (χ1) is 12.7. The molecule has 0 fully saturated rings. The highest BCUT2D eigenvalue weighted by atomic mass is 16.4. The second-order valence-electron chi connectivity index (χ2n) is 6.87. The topological polar surface area (TPSA) is 30.2 Å². The summed E-state index contributed by atoms with van der Waals surface area (Å²) in [6.45, 7) is 2.27. The highest BCUT2D eigenvalue weighted by Crippen LogP contribution is 2.35. The Labute approximate surface area is 153 Å². The average Bonchev–Trinajstić information content (AvgIpc) is 2.69. The van der Waals surface area contributed by atoms with Crippen molar-refractivity contribution >= 4 is 21.5 Å². The summed E-state index contributed by atoms with van der Waals surface area (Å²) in [5, 5.41) is 5.73. The lowest BCUT2D eigenvalue weighted by molar-refractivity contribution is 0.511. The number of hydrogen-bond donors (Lipinski definition) is 0. The van der Waals surface area contributed by atoms with Crippen molar-refractivity contribution in [2.45, 2.75) is 32.6 Å². The normalized spacial score (nSPS) is 13.1. The molecule has 0 saturated heterocycles. The molecule has 0 aliphatic heterocycles. The molecular weight excluding hydrogens is 320 g/mol. The van der Waals surface area contributed by atoms with Crippen LogP contribution in [0.2, 0.25) is 0 Å². The second kappa shape index (κ2) is 7.17. The Hall–Kier alpha value is -2.87. The predicted molar refractivity (Wildman–Crippen MR) is 108 cm³/mol. The Balaban J connectivity index is 0.000000204. The zero-order chi connectivity index (χ0) is 17.9. The lowest BCUT2D eigenvalue weighted by atomic mass is 9.85.